The summed E-state index contributed by atoms with van der Waals surface area (Å²) in [6.45, 7) is 0.280. The highest BCUT2D eigenvalue weighted by atomic mass is 35.5. The fraction of sp³-hybridized carbons (Fsp3) is 0.111. The van der Waals surface area contributed by atoms with Gasteiger partial charge in [0.25, 0.3) is 0 Å². The Labute approximate surface area is 144 Å². The number of carbonyl (C=O) groups is 1. The Bertz CT molecular complexity index is 880. The average Bonchev–Trinajstić information content (AvgIpc) is 3.20. The van der Waals surface area contributed by atoms with E-state index in [4.69, 9.17) is 20.8 Å². The van der Waals surface area contributed by atoms with Crippen LogP contribution in [0.5, 0.6) is 5.75 Å². The van der Waals surface area contributed by atoms with Crippen LogP contribution in [0, 0.1) is 0 Å². The second-order valence-electron chi connectivity index (χ2n) is 5.12. The first-order valence-corrected chi connectivity index (χ1v) is 7.67. The molecule has 0 atom stereocenters. The SMILES string of the molecule is Cn1ccc(C(=O)/C=C/c2ccc(COc3cccc(Cl)c3)o2)n1. The first kappa shape index (κ1) is 16.1. The molecule has 0 N–H and O–H groups in total. The Morgan fingerprint density at radius 2 is 2.21 bits per heavy atom. The number of furan rings is 1. The third-order valence-corrected chi connectivity index (χ3v) is 3.46. The molecule has 0 amide bonds. The van der Waals surface area contributed by atoms with E-state index in [-0.39, 0.29) is 12.4 Å². The molecule has 3 rings (SSSR count). The van der Waals surface area contributed by atoms with E-state index < -0.39 is 0 Å². The summed E-state index contributed by atoms with van der Waals surface area (Å²) in [6.07, 6.45) is 4.77. The summed E-state index contributed by atoms with van der Waals surface area (Å²) < 4.78 is 12.8. The van der Waals surface area contributed by atoms with Crippen molar-refractivity contribution in [3.8, 4) is 5.75 Å². The number of ether oxygens (including phenoxy) is 1. The molecule has 1 aromatic carbocycles. The summed E-state index contributed by atoms with van der Waals surface area (Å²) >= 11 is 5.90. The van der Waals surface area contributed by atoms with Gasteiger partial charge in [0.2, 0.25) is 5.78 Å². The number of hydrogen-bond acceptors (Lipinski definition) is 4. The highest BCUT2D eigenvalue weighted by Crippen LogP contribution is 2.19. The Hall–Kier alpha value is -2.79. The van der Waals surface area contributed by atoms with Gasteiger partial charge in [0.1, 0.15) is 29.6 Å². The molecule has 6 heteroatoms. The summed E-state index contributed by atoms with van der Waals surface area (Å²) in [6, 6.07) is 12.4. The molecule has 0 aliphatic carbocycles. The van der Waals surface area contributed by atoms with Crippen molar-refractivity contribution in [3.05, 3.63) is 77.0 Å². The number of allylic oxidation sites excluding steroid dienone is 1. The normalized spacial score (nSPS) is 11.1. The summed E-state index contributed by atoms with van der Waals surface area (Å²) in [4.78, 5) is 11.9. The molecule has 0 unspecified atom stereocenters. The molecule has 2 heterocycles. The minimum atomic E-state index is -0.177. The van der Waals surface area contributed by atoms with Crippen LogP contribution < -0.4 is 4.74 Å². The zero-order valence-electron chi connectivity index (χ0n) is 13.0. The van der Waals surface area contributed by atoms with Gasteiger partial charge in [-0.3, -0.25) is 9.48 Å². The van der Waals surface area contributed by atoms with Crippen molar-refractivity contribution in [3.63, 3.8) is 0 Å². The standard InChI is InChI=1S/C18H15ClN2O3/c1-21-10-9-17(20-21)18(22)8-7-14-5-6-16(24-14)12-23-15-4-2-3-13(19)11-15/h2-11H,12H2,1H3/b8-7+. The van der Waals surface area contributed by atoms with Gasteiger partial charge in [0.15, 0.2) is 0 Å². The molecule has 0 fully saturated rings. The summed E-state index contributed by atoms with van der Waals surface area (Å²) in [5.41, 5.74) is 0.393. The minimum absolute atomic E-state index is 0.177. The molecule has 0 saturated heterocycles. The molecular formula is C18H15ClN2O3. The molecule has 24 heavy (non-hydrogen) atoms. The quantitative estimate of drug-likeness (QED) is 0.499. The highest BCUT2D eigenvalue weighted by Gasteiger charge is 2.06. The fourth-order valence-electron chi connectivity index (χ4n) is 2.06. The number of hydrogen-bond donors (Lipinski definition) is 0. The highest BCUT2D eigenvalue weighted by molar-refractivity contribution is 6.30. The van der Waals surface area contributed by atoms with Gasteiger partial charge < -0.3 is 9.15 Å². The van der Waals surface area contributed by atoms with Crippen LogP contribution >= 0.6 is 11.6 Å². The van der Waals surface area contributed by atoms with Crippen molar-refractivity contribution < 1.29 is 13.9 Å². The lowest BCUT2D eigenvalue weighted by Crippen LogP contribution is -1.97. The molecule has 5 nitrogen and oxygen atoms in total. The van der Waals surface area contributed by atoms with Crippen molar-refractivity contribution in [1.82, 2.24) is 9.78 Å². The first-order valence-electron chi connectivity index (χ1n) is 7.29. The topological polar surface area (TPSA) is 57.3 Å². The molecule has 0 bridgehead atoms. The van der Waals surface area contributed by atoms with E-state index in [0.29, 0.717) is 28.0 Å². The molecule has 0 aliphatic heterocycles. The van der Waals surface area contributed by atoms with Crippen LogP contribution in [-0.2, 0) is 13.7 Å². The van der Waals surface area contributed by atoms with Crippen LogP contribution in [0.2, 0.25) is 5.02 Å². The van der Waals surface area contributed by atoms with E-state index in [1.165, 1.54) is 6.08 Å². The minimum Gasteiger partial charge on any atom is -0.486 e. The third-order valence-electron chi connectivity index (χ3n) is 3.22. The van der Waals surface area contributed by atoms with Crippen molar-refractivity contribution >= 4 is 23.5 Å². The van der Waals surface area contributed by atoms with Gasteiger partial charge in [-0.25, -0.2) is 0 Å². The molecule has 2 aromatic heterocycles. The van der Waals surface area contributed by atoms with Gasteiger partial charge in [-0.05, 0) is 48.6 Å². The summed E-state index contributed by atoms with van der Waals surface area (Å²) in [5, 5.41) is 4.67. The van der Waals surface area contributed by atoms with Crippen LogP contribution in [-0.4, -0.2) is 15.6 Å². The van der Waals surface area contributed by atoms with Gasteiger partial charge in [-0.2, -0.15) is 5.10 Å². The van der Waals surface area contributed by atoms with E-state index in [0.717, 1.165) is 0 Å². The van der Waals surface area contributed by atoms with Gasteiger partial charge in [0, 0.05) is 18.3 Å². The van der Waals surface area contributed by atoms with Crippen LogP contribution in [0.1, 0.15) is 22.0 Å². The maximum Gasteiger partial charge on any atom is 0.206 e. The van der Waals surface area contributed by atoms with Crippen LogP contribution in [0.3, 0.4) is 0 Å². The molecule has 0 aliphatic rings. The number of halogens is 1. The second kappa shape index (κ2) is 7.19. The molecule has 3 aromatic rings. The fourth-order valence-corrected chi connectivity index (χ4v) is 2.24. The molecule has 0 radical (unpaired) electrons. The van der Waals surface area contributed by atoms with Gasteiger partial charge in [-0.15, -0.1) is 0 Å². The smallest absolute Gasteiger partial charge is 0.206 e. The molecule has 0 spiro atoms. The average molecular weight is 343 g/mol. The Kier molecular flexibility index (Phi) is 4.82. The number of nitrogens with zero attached hydrogens (tertiary/aromatic N) is 2. The molecule has 0 saturated carbocycles. The lowest BCUT2D eigenvalue weighted by atomic mass is 10.2. The Balaban J connectivity index is 1.59. The number of carbonyl (C=O) groups excluding carboxylic acids is 1. The van der Waals surface area contributed by atoms with Crippen molar-refractivity contribution in [1.29, 1.82) is 0 Å². The van der Waals surface area contributed by atoms with Crippen molar-refractivity contribution in [2.75, 3.05) is 0 Å². The Morgan fingerprint density at radius 1 is 1.33 bits per heavy atom. The number of ketones is 1. The van der Waals surface area contributed by atoms with Crippen LogP contribution in [0.25, 0.3) is 6.08 Å². The lowest BCUT2D eigenvalue weighted by molar-refractivity contribution is 0.104. The van der Waals surface area contributed by atoms with E-state index in [1.807, 2.05) is 12.1 Å². The second-order valence-corrected chi connectivity index (χ2v) is 5.56. The molecular weight excluding hydrogens is 328 g/mol. The number of aryl methyl sites for hydroxylation is 1. The van der Waals surface area contributed by atoms with E-state index >= 15 is 0 Å². The summed E-state index contributed by atoms with van der Waals surface area (Å²) in [5.74, 6) is 1.72. The maximum atomic E-state index is 11.9. The van der Waals surface area contributed by atoms with E-state index in [1.54, 1.807) is 54.3 Å². The van der Waals surface area contributed by atoms with Gasteiger partial charge in [0.05, 0.1) is 0 Å². The first-order chi connectivity index (χ1) is 11.6. The van der Waals surface area contributed by atoms with Crippen LogP contribution in [0.4, 0.5) is 0 Å². The summed E-state index contributed by atoms with van der Waals surface area (Å²) in [7, 11) is 1.76. The maximum absolute atomic E-state index is 11.9. The zero-order chi connectivity index (χ0) is 16.9. The number of benzene rings is 1. The van der Waals surface area contributed by atoms with Crippen LogP contribution in [0.15, 0.2) is 59.2 Å². The van der Waals surface area contributed by atoms with E-state index in [2.05, 4.69) is 5.10 Å². The molecule has 122 valence electrons. The van der Waals surface area contributed by atoms with Crippen molar-refractivity contribution in [2.45, 2.75) is 6.61 Å². The Morgan fingerprint density at radius 3 is 2.96 bits per heavy atom. The van der Waals surface area contributed by atoms with Gasteiger partial charge in [-0.1, -0.05) is 17.7 Å². The lowest BCUT2D eigenvalue weighted by Gasteiger charge is -2.03. The number of rotatable bonds is 6. The van der Waals surface area contributed by atoms with Crippen molar-refractivity contribution in [2.24, 2.45) is 7.05 Å². The third kappa shape index (κ3) is 4.14. The largest absolute Gasteiger partial charge is 0.486 e. The monoisotopic (exact) mass is 342 g/mol. The predicted octanol–water partition coefficient (Wildman–Crippen LogP) is 4.14. The van der Waals surface area contributed by atoms with E-state index in [9.17, 15) is 4.79 Å². The number of aromatic nitrogens is 2. The predicted molar refractivity (Wildman–Crippen MR) is 91.1 cm³/mol. The zero-order valence-corrected chi connectivity index (χ0v) is 13.7. The van der Waals surface area contributed by atoms with Gasteiger partial charge >= 0.3 is 0 Å².